The van der Waals surface area contributed by atoms with Crippen molar-refractivity contribution in [3.8, 4) is 11.1 Å². The van der Waals surface area contributed by atoms with Crippen LogP contribution in [0.1, 0.15) is 0 Å². The third-order valence-electron chi connectivity index (χ3n) is 2.62. The van der Waals surface area contributed by atoms with Gasteiger partial charge in [0.25, 0.3) is 0 Å². The summed E-state index contributed by atoms with van der Waals surface area (Å²) in [5.74, 6) is 0. The zero-order valence-corrected chi connectivity index (χ0v) is 9.74. The van der Waals surface area contributed by atoms with E-state index < -0.39 is 0 Å². The normalized spacial score (nSPS) is 10.6. The highest BCUT2D eigenvalue weighted by atomic mass is 32.1. The summed E-state index contributed by atoms with van der Waals surface area (Å²) in [7, 11) is 0. The smallest absolute Gasteiger partial charge is 0.113 e. The Kier molecular flexibility index (Phi) is 2.42. The van der Waals surface area contributed by atoms with E-state index in [1.54, 1.807) is 12.5 Å². The Bertz CT molecular complexity index is 734. The molecule has 0 aliphatic carbocycles. The number of nitrogens with zero attached hydrogens (tertiary/aromatic N) is 2. The summed E-state index contributed by atoms with van der Waals surface area (Å²) in [4.78, 5) is 11.4. The molecule has 0 fully saturated rings. The van der Waals surface area contributed by atoms with Crippen molar-refractivity contribution in [2.24, 2.45) is 0 Å². The van der Waals surface area contributed by atoms with Crippen molar-refractivity contribution in [3.05, 3.63) is 53.7 Å². The van der Waals surface area contributed by atoms with Crippen molar-refractivity contribution in [2.75, 3.05) is 0 Å². The molecule has 3 nitrogen and oxygen atoms in total. The molecule has 0 saturated carbocycles. The predicted molar refractivity (Wildman–Crippen MR) is 70.2 cm³/mol. The third-order valence-corrected chi connectivity index (χ3v) is 2.96. The Morgan fingerprint density at radius 1 is 1.12 bits per heavy atom. The first-order valence-corrected chi connectivity index (χ1v) is 5.63. The number of nitrogens with one attached hydrogen (secondary N) is 1. The van der Waals surface area contributed by atoms with Crippen LogP contribution in [-0.4, -0.2) is 15.0 Å². The Hall–Kier alpha value is -2.07. The molecule has 1 aromatic carbocycles. The molecule has 0 bridgehead atoms. The molecule has 1 N–H and O–H groups in total. The SMILES string of the molecule is S=c1[nH]cncc1-c1cnc2ccccc2c1. The van der Waals surface area contributed by atoms with Crippen LogP contribution in [0.25, 0.3) is 22.0 Å². The molecule has 0 unspecified atom stereocenters. The monoisotopic (exact) mass is 239 g/mol. The predicted octanol–water partition coefficient (Wildman–Crippen LogP) is 3.35. The van der Waals surface area contributed by atoms with Gasteiger partial charge in [-0.2, -0.15) is 0 Å². The number of fused-ring (bicyclic) bond motifs is 1. The molecule has 2 aromatic heterocycles. The Morgan fingerprint density at radius 3 is 2.88 bits per heavy atom. The van der Waals surface area contributed by atoms with Crippen LogP contribution in [0.3, 0.4) is 0 Å². The van der Waals surface area contributed by atoms with Crippen LogP contribution in [0, 0.1) is 4.64 Å². The first kappa shape index (κ1) is 10.1. The summed E-state index contributed by atoms with van der Waals surface area (Å²) in [5.41, 5.74) is 2.87. The van der Waals surface area contributed by atoms with Crippen molar-refractivity contribution in [2.45, 2.75) is 0 Å². The minimum atomic E-state index is 0.678. The average Bonchev–Trinajstić information content (AvgIpc) is 2.39. The zero-order valence-electron chi connectivity index (χ0n) is 8.92. The quantitative estimate of drug-likeness (QED) is 0.662. The van der Waals surface area contributed by atoms with Gasteiger partial charge in [-0.1, -0.05) is 30.4 Å². The second-order valence-electron chi connectivity index (χ2n) is 3.71. The van der Waals surface area contributed by atoms with Crippen LogP contribution in [-0.2, 0) is 0 Å². The molecule has 0 aliphatic heterocycles. The lowest BCUT2D eigenvalue weighted by molar-refractivity contribution is 1.15. The molecule has 0 amide bonds. The van der Waals surface area contributed by atoms with Crippen molar-refractivity contribution in [1.82, 2.24) is 15.0 Å². The first-order chi connectivity index (χ1) is 8.34. The molecular weight excluding hydrogens is 230 g/mol. The van der Waals surface area contributed by atoms with E-state index in [9.17, 15) is 0 Å². The molecule has 0 radical (unpaired) electrons. The fourth-order valence-electron chi connectivity index (χ4n) is 1.77. The van der Waals surface area contributed by atoms with Crippen molar-refractivity contribution < 1.29 is 0 Å². The van der Waals surface area contributed by atoms with Gasteiger partial charge in [0, 0.05) is 28.9 Å². The number of aromatic nitrogens is 3. The Morgan fingerprint density at radius 2 is 2.00 bits per heavy atom. The van der Waals surface area contributed by atoms with E-state index in [1.165, 1.54) is 0 Å². The summed E-state index contributed by atoms with van der Waals surface area (Å²) >= 11 is 5.23. The summed E-state index contributed by atoms with van der Waals surface area (Å²) in [6.07, 6.45) is 5.16. The molecule has 82 valence electrons. The molecule has 3 aromatic rings. The molecule has 17 heavy (non-hydrogen) atoms. The van der Waals surface area contributed by atoms with Gasteiger partial charge < -0.3 is 4.98 Å². The number of hydrogen-bond donors (Lipinski definition) is 1. The van der Waals surface area contributed by atoms with Crippen LogP contribution in [0.5, 0.6) is 0 Å². The molecule has 2 heterocycles. The lowest BCUT2D eigenvalue weighted by atomic mass is 10.1. The maximum atomic E-state index is 5.23. The van der Waals surface area contributed by atoms with Crippen molar-refractivity contribution in [1.29, 1.82) is 0 Å². The number of pyridine rings is 1. The number of para-hydroxylation sites is 1. The highest BCUT2D eigenvalue weighted by molar-refractivity contribution is 7.71. The second kappa shape index (κ2) is 4.07. The number of rotatable bonds is 1. The highest BCUT2D eigenvalue weighted by Gasteiger charge is 2.02. The van der Waals surface area contributed by atoms with Crippen molar-refractivity contribution in [3.63, 3.8) is 0 Å². The molecule has 0 aliphatic rings. The lowest BCUT2D eigenvalue weighted by Crippen LogP contribution is -1.87. The van der Waals surface area contributed by atoms with Gasteiger partial charge in [-0.25, -0.2) is 4.98 Å². The minimum Gasteiger partial charge on any atom is -0.337 e. The molecule has 0 spiro atoms. The molecule has 0 atom stereocenters. The number of H-pyrrole nitrogens is 1. The fraction of sp³-hybridized carbons (Fsp3) is 0. The molecule has 3 rings (SSSR count). The van der Waals surface area contributed by atoms with E-state index in [-0.39, 0.29) is 0 Å². The summed E-state index contributed by atoms with van der Waals surface area (Å²) < 4.78 is 0.678. The molecule has 4 heteroatoms. The van der Waals surface area contributed by atoms with Gasteiger partial charge >= 0.3 is 0 Å². The fourth-order valence-corrected chi connectivity index (χ4v) is 1.99. The van der Waals surface area contributed by atoms with Crippen LogP contribution in [0.2, 0.25) is 0 Å². The Balaban J connectivity index is 2.25. The van der Waals surface area contributed by atoms with E-state index in [0.29, 0.717) is 4.64 Å². The van der Waals surface area contributed by atoms with Gasteiger partial charge in [0.15, 0.2) is 0 Å². The zero-order chi connectivity index (χ0) is 11.7. The van der Waals surface area contributed by atoms with Crippen LogP contribution in [0.4, 0.5) is 0 Å². The van der Waals surface area contributed by atoms with E-state index in [4.69, 9.17) is 12.2 Å². The average molecular weight is 239 g/mol. The summed E-state index contributed by atoms with van der Waals surface area (Å²) in [5, 5.41) is 1.10. The first-order valence-electron chi connectivity index (χ1n) is 5.22. The van der Waals surface area contributed by atoms with Crippen LogP contribution >= 0.6 is 12.2 Å². The van der Waals surface area contributed by atoms with Gasteiger partial charge in [-0.3, -0.25) is 4.98 Å². The van der Waals surface area contributed by atoms with Crippen LogP contribution < -0.4 is 0 Å². The summed E-state index contributed by atoms with van der Waals surface area (Å²) in [6.45, 7) is 0. The van der Waals surface area contributed by atoms with E-state index in [0.717, 1.165) is 22.0 Å². The largest absolute Gasteiger partial charge is 0.337 e. The van der Waals surface area contributed by atoms with Gasteiger partial charge in [-0.15, -0.1) is 0 Å². The maximum Gasteiger partial charge on any atom is 0.113 e. The number of aromatic amines is 1. The molecule has 0 saturated heterocycles. The lowest BCUT2D eigenvalue weighted by Gasteiger charge is -2.02. The topological polar surface area (TPSA) is 41.6 Å². The van der Waals surface area contributed by atoms with Crippen molar-refractivity contribution >= 4 is 23.1 Å². The summed E-state index contributed by atoms with van der Waals surface area (Å²) in [6, 6.07) is 10.1. The Labute approximate surface area is 103 Å². The van der Waals surface area contributed by atoms with Gasteiger partial charge in [-0.05, 0) is 12.1 Å². The maximum absolute atomic E-state index is 5.23. The second-order valence-corrected chi connectivity index (χ2v) is 4.12. The molecular formula is C13H9N3S. The van der Waals surface area contributed by atoms with E-state index in [1.807, 2.05) is 30.5 Å². The van der Waals surface area contributed by atoms with E-state index >= 15 is 0 Å². The number of hydrogen-bond acceptors (Lipinski definition) is 3. The van der Waals surface area contributed by atoms with E-state index in [2.05, 4.69) is 21.0 Å². The standard InChI is InChI=1S/C13H9N3S/c17-13-11(7-14-8-16-13)10-5-9-3-1-2-4-12(9)15-6-10/h1-8H,(H,14,16,17). The highest BCUT2D eigenvalue weighted by Crippen LogP contribution is 2.22. The van der Waals surface area contributed by atoms with Crippen LogP contribution in [0.15, 0.2) is 49.1 Å². The van der Waals surface area contributed by atoms with Gasteiger partial charge in [0.1, 0.15) is 4.64 Å². The number of benzene rings is 1. The van der Waals surface area contributed by atoms with Gasteiger partial charge in [0.05, 0.1) is 11.8 Å². The minimum absolute atomic E-state index is 0.678. The van der Waals surface area contributed by atoms with Gasteiger partial charge in [0.2, 0.25) is 0 Å². The third kappa shape index (κ3) is 1.83.